The second-order valence-corrected chi connectivity index (χ2v) is 13.6. The molecule has 0 aliphatic heterocycles. The molecule has 3 fully saturated rings. The lowest BCUT2D eigenvalue weighted by Gasteiger charge is -2.62. The number of ketones is 1. The summed E-state index contributed by atoms with van der Waals surface area (Å²) in [6, 6.07) is 0. The van der Waals surface area contributed by atoms with Gasteiger partial charge in [0.25, 0.3) is 0 Å². The monoisotopic (exact) mass is 538 g/mol. The molecule has 0 aromatic heterocycles. The van der Waals surface area contributed by atoms with Crippen LogP contribution in [0.5, 0.6) is 0 Å². The summed E-state index contributed by atoms with van der Waals surface area (Å²) >= 11 is 0. The van der Waals surface area contributed by atoms with Gasteiger partial charge in [-0.2, -0.15) is 0 Å². The predicted octanol–water partition coefficient (Wildman–Crippen LogP) is 7.86. The van der Waals surface area contributed by atoms with Crippen LogP contribution in [0.1, 0.15) is 108 Å². The van der Waals surface area contributed by atoms with E-state index in [1.807, 2.05) is 39.0 Å². The van der Waals surface area contributed by atoms with Crippen molar-refractivity contribution in [1.29, 1.82) is 0 Å². The van der Waals surface area contributed by atoms with Crippen LogP contribution in [0.4, 0.5) is 0 Å². The Balaban J connectivity index is 1.88. The highest BCUT2D eigenvalue weighted by Gasteiger charge is 2.65. The van der Waals surface area contributed by atoms with Gasteiger partial charge in [0.2, 0.25) is 0 Å². The molecule has 0 saturated heterocycles. The third kappa shape index (κ3) is 6.18. The zero-order chi connectivity index (χ0) is 29.3. The van der Waals surface area contributed by atoms with Crippen LogP contribution < -0.4 is 0 Å². The molecule has 0 spiro atoms. The van der Waals surface area contributed by atoms with Crippen LogP contribution in [-0.4, -0.2) is 29.9 Å². The number of carbonyl (C=O) groups excluding carboxylic acids is 3. The average molecular weight is 539 g/mol. The highest BCUT2D eigenvalue weighted by molar-refractivity contribution is 6.00. The first-order valence-electron chi connectivity index (χ1n) is 14.6. The largest absolute Gasteiger partial charge is 0.462 e. The minimum Gasteiger partial charge on any atom is -0.462 e. The van der Waals surface area contributed by atoms with E-state index in [0.717, 1.165) is 42.4 Å². The number of carbonyl (C=O) groups is 3. The molecule has 6 atom stereocenters. The number of Topliss-reactive ketones (excluding diaryl/α,β-unsaturated/α-hetero) is 1. The molecule has 0 amide bonds. The Morgan fingerprint density at radius 2 is 1.62 bits per heavy atom. The van der Waals surface area contributed by atoms with E-state index < -0.39 is 0 Å². The highest BCUT2D eigenvalue weighted by Crippen LogP contribution is 2.69. The van der Waals surface area contributed by atoms with Crippen molar-refractivity contribution in [2.45, 2.75) is 120 Å². The van der Waals surface area contributed by atoms with Crippen molar-refractivity contribution in [3.05, 3.63) is 46.6 Å². The number of esters is 2. The molecule has 0 heterocycles. The molecule has 0 unspecified atom stereocenters. The van der Waals surface area contributed by atoms with Gasteiger partial charge in [-0.1, -0.05) is 57.6 Å². The normalized spacial score (nSPS) is 34.2. The molecular weight excluding hydrogens is 488 g/mol. The Bertz CT molecular complexity index is 1110. The summed E-state index contributed by atoms with van der Waals surface area (Å²) in [6.07, 6.45) is 12.8. The second kappa shape index (κ2) is 11.6. The Morgan fingerprint density at radius 1 is 0.949 bits per heavy atom. The van der Waals surface area contributed by atoms with Crippen LogP contribution in [0.15, 0.2) is 46.6 Å². The first kappa shape index (κ1) is 31.1. The maximum atomic E-state index is 13.6. The second-order valence-electron chi connectivity index (χ2n) is 13.6. The fraction of sp³-hybridized carbons (Fsp3) is 0.676. The van der Waals surface area contributed by atoms with Gasteiger partial charge >= 0.3 is 11.9 Å². The quantitative estimate of drug-likeness (QED) is 0.143. The maximum Gasteiger partial charge on any atom is 0.303 e. The fourth-order valence-corrected chi connectivity index (χ4v) is 8.38. The predicted molar refractivity (Wildman–Crippen MR) is 156 cm³/mol. The lowest BCUT2D eigenvalue weighted by Crippen LogP contribution is -2.58. The minimum atomic E-state index is -0.300. The third-order valence-electron chi connectivity index (χ3n) is 10.2. The minimum absolute atomic E-state index is 0.0211. The van der Waals surface area contributed by atoms with Gasteiger partial charge in [0, 0.05) is 43.1 Å². The summed E-state index contributed by atoms with van der Waals surface area (Å²) in [5.41, 5.74) is 3.89. The fourth-order valence-electron chi connectivity index (χ4n) is 8.38. The summed E-state index contributed by atoms with van der Waals surface area (Å²) in [6.45, 7) is 20.2. The molecule has 0 radical (unpaired) electrons. The summed E-state index contributed by atoms with van der Waals surface area (Å²) in [4.78, 5) is 37.0. The molecule has 0 bridgehead atoms. The van der Waals surface area contributed by atoms with Crippen molar-refractivity contribution in [1.82, 2.24) is 0 Å². The van der Waals surface area contributed by atoms with Crippen molar-refractivity contribution in [2.75, 3.05) is 0 Å². The number of hydrogen-bond donors (Lipinski definition) is 0. The van der Waals surface area contributed by atoms with Crippen molar-refractivity contribution < 1.29 is 23.9 Å². The number of rotatable bonds is 7. The van der Waals surface area contributed by atoms with E-state index in [1.165, 1.54) is 19.4 Å². The molecule has 3 aliphatic rings. The molecule has 0 N–H and O–H groups in total. The van der Waals surface area contributed by atoms with Gasteiger partial charge in [0.05, 0.1) is 0 Å². The lowest BCUT2D eigenvalue weighted by atomic mass is 9.43. The number of hydrogen-bond acceptors (Lipinski definition) is 5. The molecule has 3 aliphatic carbocycles. The summed E-state index contributed by atoms with van der Waals surface area (Å²) < 4.78 is 11.3. The standard InChI is InChI=1S/C34H50O5/c1-21(2)14-15-27(38-24(5)35)22(3)12-11-13-23(4)31-26(37)20-29-33(9)19-17-30(39-25(6)36)32(7,8)28(33)16-18-34(29,31)10/h11-14,27-30H,15-20H2,1-10H3/b13-11+,22-12+,31-23+/t27-,28-,29-,30-,33-,34-/m0/s1. The van der Waals surface area contributed by atoms with Crippen LogP contribution in [-0.2, 0) is 23.9 Å². The van der Waals surface area contributed by atoms with E-state index in [2.05, 4.69) is 40.7 Å². The first-order chi connectivity index (χ1) is 18.0. The van der Waals surface area contributed by atoms with E-state index >= 15 is 0 Å². The van der Waals surface area contributed by atoms with Crippen LogP contribution in [0.25, 0.3) is 0 Å². The third-order valence-corrected chi connectivity index (χ3v) is 10.2. The molecule has 3 saturated carbocycles. The SMILES string of the molecule is CC(=O)O[C@@H](CC=C(C)C)/C(C)=C/C=C/C(C)=C1\C(=O)C[C@H]2[C@@]3(C)CC[C@H](OC(C)=O)C(C)(C)[C@@H]3CC[C@]12C. The van der Waals surface area contributed by atoms with Gasteiger partial charge in [-0.05, 0) is 81.8 Å². The van der Waals surface area contributed by atoms with Gasteiger partial charge in [-0.25, -0.2) is 0 Å². The van der Waals surface area contributed by atoms with Gasteiger partial charge in [-0.15, -0.1) is 0 Å². The Kier molecular flexibility index (Phi) is 9.24. The zero-order valence-electron chi connectivity index (χ0n) is 25.9. The van der Waals surface area contributed by atoms with Crippen molar-refractivity contribution in [2.24, 2.45) is 28.1 Å². The van der Waals surface area contributed by atoms with Crippen LogP contribution >= 0.6 is 0 Å². The van der Waals surface area contributed by atoms with Gasteiger partial charge in [0.15, 0.2) is 5.78 Å². The van der Waals surface area contributed by atoms with E-state index in [9.17, 15) is 14.4 Å². The molecular formula is C34H50O5. The lowest BCUT2D eigenvalue weighted by molar-refractivity contribution is -0.185. The van der Waals surface area contributed by atoms with Crippen molar-refractivity contribution in [3.63, 3.8) is 0 Å². The molecule has 39 heavy (non-hydrogen) atoms. The van der Waals surface area contributed by atoms with E-state index in [0.29, 0.717) is 18.8 Å². The van der Waals surface area contributed by atoms with Gasteiger partial charge < -0.3 is 9.47 Å². The highest BCUT2D eigenvalue weighted by atomic mass is 16.5. The Morgan fingerprint density at radius 3 is 2.21 bits per heavy atom. The van der Waals surface area contributed by atoms with Crippen LogP contribution in [0.2, 0.25) is 0 Å². The van der Waals surface area contributed by atoms with Gasteiger partial charge in [-0.3, -0.25) is 14.4 Å². The molecule has 5 nitrogen and oxygen atoms in total. The number of fused-ring (bicyclic) bond motifs is 3. The molecule has 3 rings (SSSR count). The Hall–Kier alpha value is -2.43. The number of ether oxygens (including phenoxy) is 2. The van der Waals surface area contributed by atoms with E-state index in [-0.39, 0.29) is 52.1 Å². The zero-order valence-corrected chi connectivity index (χ0v) is 25.9. The summed E-state index contributed by atoms with van der Waals surface area (Å²) in [5, 5.41) is 0. The average Bonchev–Trinajstić information content (AvgIpc) is 3.09. The number of allylic oxidation sites excluding steroid dienone is 6. The molecule has 0 aromatic rings. The Labute approximate surface area is 236 Å². The van der Waals surface area contributed by atoms with Crippen LogP contribution in [0.3, 0.4) is 0 Å². The smallest absolute Gasteiger partial charge is 0.303 e. The molecule has 216 valence electrons. The van der Waals surface area contributed by atoms with E-state index in [4.69, 9.17) is 9.47 Å². The van der Waals surface area contributed by atoms with Crippen molar-refractivity contribution >= 4 is 17.7 Å². The molecule has 5 heteroatoms. The van der Waals surface area contributed by atoms with E-state index in [1.54, 1.807) is 0 Å². The first-order valence-corrected chi connectivity index (χ1v) is 14.6. The summed E-state index contributed by atoms with van der Waals surface area (Å²) in [5.74, 6) is 0.451. The van der Waals surface area contributed by atoms with Crippen LogP contribution in [0, 0.1) is 28.1 Å². The van der Waals surface area contributed by atoms with Crippen molar-refractivity contribution in [3.8, 4) is 0 Å². The topological polar surface area (TPSA) is 69.7 Å². The molecule has 0 aromatic carbocycles. The summed E-state index contributed by atoms with van der Waals surface area (Å²) in [7, 11) is 0. The maximum absolute atomic E-state index is 13.6. The van der Waals surface area contributed by atoms with Gasteiger partial charge in [0.1, 0.15) is 12.2 Å².